The van der Waals surface area contributed by atoms with Crippen LogP contribution < -0.4 is 10.6 Å². The zero-order valence-corrected chi connectivity index (χ0v) is 16.9. The number of hydrogen-bond acceptors (Lipinski definition) is 5. The molecule has 1 fully saturated rings. The van der Waals surface area contributed by atoms with E-state index in [0.29, 0.717) is 17.6 Å². The van der Waals surface area contributed by atoms with Gasteiger partial charge in [0.25, 0.3) is 0 Å². The van der Waals surface area contributed by atoms with Crippen LogP contribution in [0.2, 0.25) is 0 Å². The molecule has 4 rings (SSSR count). The van der Waals surface area contributed by atoms with Crippen molar-refractivity contribution >= 4 is 32.8 Å². The Morgan fingerprint density at radius 3 is 2.96 bits per heavy atom. The molecule has 0 saturated carbocycles. The Balaban J connectivity index is 1.63. The first-order valence-corrected chi connectivity index (χ1v) is 9.80. The van der Waals surface area contributed by atoms with Crippen molar-refractivity contribution in [3.63, 3.8) is 0 Å². The number of nitrogens with one attached hydrogen (secondary N) is 3. The Morgan fingerprint density at radius 1 is 1.37 bits per heavy atom. The van der Waals surface area contributed by atoms with E-state index in [2.05, 4.69) is 56.4 Å². The first-order chi connectivity index (χ1) is 12.9. The molecule has 1 saturated heterocycles. The first-order valence-electron chi connectivity index (χ1n) is 9.01. The summed E-state index contributed by atoms with van der Waals surface area (Å²) < 4.78 is 0.834. The minimum Gasteiger partial charge on any atom is -0.360 e. The number of nitrogens with zero attached hydrogens (tertiary/aromatic N) is 3. The molecule has 1 atom stereocenters. The van der Waals surface area contributed by atoms with Gasteiger partial charge in [-0.25, -0.2) is 9.97 Å². The first kappa shape index (κ1) is 18.0. The molecule has 138 valence electrons. The lowest BCUT2D eigenvalue weighted by atomic mass is 9.91. The van der Waals surface area contributed by atoms with Crippen LogP contribution in [0, 0.1) is 11.3 Å². The number of rotatable bonds is 3. The average Bonchev–Trinajstić information content (AvgIpc) is 3.08. The lowest BCUT2D eigenvalue weighted by Gasteiger charge is -2.36. The second-order valence-electron chi connectivity index (χ2n) is 7.61. The van der Waals surface area contributed by atoms with E-state index in [-0.39, 0.29) is 5.54 Å². The summed E-state index contributed by atoms with van der Waals surface area (Å²) in [5, 5.41) is 17.1. The molecule has 1 aliphatic heterocycles. The highest BCUT2D eigenvalue weighted by Crippen LogP contribution is 2.33. The van der Waals surface area contributed by atoms with Crippen LogP contribution in [0.4, 0.5) is 5.95 Å². The molecule has 0 unspecified atom stereocenters. The molecule has 1 aliphatic rings. The standard InChI is InChI=1S/C20H21BrN6/c1-20(2)6-5-13(9-25-20)26-19-24-11-16(21)18(27-19)15-10-23-17-7-12(8-22)3-4-14(15)17/h3-4,7,10-11,13,23,25H,5-6,9H2,1-2H3,(H,24,26,27)/t13-/m0/s1. The predicted molar refractivity (Wildman–Crippen MR) is 110 cm³/mol. The third kappa shape index (κ3) is 3.68. The molecule has 3 heterocycles. The summed E-state index contributed by atoms with van der Waals surface area (Å²) in [6.07, 6.45) is 5.90. The fourth-order valence-electron chi connectivity index (χ4n) is 3.45. The van der Waals surface area contributed by atoms with Crippen molar-refractivity contribution in [1.29, 1.82) is 5.26 Å². The SMILES string of the molecule is CC1(C)CC[C@H](Nc2ncc(Br)c(-c3c[nH]c4cc(C#N)ccc34)n2)CN1. The zero-order valence-electron chi connectivity index (χ0n) is 15.3. The van der Waals surface area contributed by atoms with Crippen molar-refractivity contribution in [3.8, 4) is 17.3 Å². The van der Waals surface area contributed by atoms with Gasteiger partial charge in [-0.3, -0.25) is 0 Å². The van der Waals surface area contributed by atoms with E-state index in [0.717, 1.165) is 46.0 Å². The van der Waals surface area contributed by atoms with Gasteiger partial charge in [0.15, 0.2) is 0 Å². The summed E-state index contributed by atoms with van der Waals surface area (Å²) in [4.78, 5) is 12.4. The Bertz CT molecular complexity index is 1020. The quantitative estimate of drug-likeness (QED) is 0.585. The zero-order chi connectivity index (χ0) is 19.0. The molecule has 0 spiro atoms. The van der Waals surface area contributed by atoms with Crippen LogP contribution in [0.5, 0.6) is 0 Å². The van der Waals surface area contributed by atoms with Crippen molar-refractivity contribution in [1.82, 2.24) is 20.3 Å². The summed E-state index contributed by atoms with van der Waals surface area (Å²) in [7, 11) is 0. The van der Waals surface area contributed by atoms with E-state index in [1.54, 1.807) is 6.20 Å². The number of aromatic amines is 1. The van der Waals surface area contributed by atoms with Crippen LogP contribution in [0.25, 0.3) is 22.2 Å². The molecule has 0 amide bonds. The summed E-state index contributed by atoms with van der Waals surface area (Å²) in [6, 6.07) is 8.11. The lowest BCUT2D eigenvalue weighted by Crippen LogP contribution is -2.50. The van der Waals surface area contributed by atoms with E-state index in [9.17, 15) is 0 Å². The molecule has 3 N–H and O–H groups in total. The highest BCUT2D eigenvalue weighted by Gasteiger charge is 2.26. The van der Waals surface area contributed by atoms with Gasteiger partial charge in [0.1, 0.15) is 0 Å². The van der Waals surface area contributed by atoms with Gasteiger partial charge in [0, 0.05) is 47.0 Å². The maximum Gasteiger partial charge on any atom is 0.223 e. The van der Waals surface area contributed by atoms with Gasteiger partial charge in [0.2, 0.25) is 5.95 Å². The number of hydrogen-bond donors (Lipinski definition) is 3. The van der Waals surface area contributed by atoms with Crippen LogP contribution in [-0.4, -0.2) is 33.1 Å². The number of H-pyrrole nitrogens is 1. The smallest absolute Gasteiger partial charge is 0.223 e. The fourth-order valence-corrected chi connectivity index (χ4v) is 3.85. The third-order valence-electron chi connectivity index (χ3n) is 5.09. The Labute approximate surface area is 166 Å². The van der Waals surface area contributed by atoms with Gasteiger partial charge < -0.3 is 15.6 Å². The summed E-state index contributed by atoms with van der Waals surface area (Å²) >= 11 is 3.57. The van der Waals surface area contributed by atoms with Crippen molar-refractivity contribution in [2.45, 2.75) is 38.3 Å². The van der Waals surface area contributed by atoms with Gasteiger partial charge in [-0.2, -0.15) is 5.26 Å². The van der Waals surface area contributed by atoms with E-state index in [4.69, 9.17) is 10.2 Å². The number of benzene rings is 1. The maximum absolute atomic E-state index is 9.08. The second kappa shape index (κ2) is 6.95. The summed E-state index contributed by atoms with van der Waals surface area (Å²) in [5.41, 5.74) is 3.55. The van der Waals surface area contributed by atoms with Crippen molar-refractivity contribution in [2.75, 3.05) is 11.9 Å². The summed E-state index contributed by atoms with van der Waals surface area (Å²) in [6.45, 7) is 5.35. The second-order valence-corrected chi connectivity index (χ2v) is 8.46. The lowest BCUT2D eigenvalue weighted by molar-refractivity contribution is 0.289. The van der Waals surface area contributed by atoms with Crippen molar-refractivity contribution in [3.05, 3.63) is 40.6 Å². The molecule has 2 aromatic heterocycles. The molecule has 0 bridgehead atoms. The molecule has 3 aromatic rings. The normalized spacial score (nSPS) is 19.0. The van der Waals surface area contributed by atoms with Crippen LogP contribution in [-0.2, 0) is 0 Å². The largest absolute Gasteiger partial charge is 0.360 e. The number of piperidine rings is 1. The molecule has 0 radical (unpaired) electrons. The van der Waals surface area contributed by atoms with Crippen molar-refractivity contribution in [2.24, 2.45) is 0 Å². The van der Waals surface area contributed by atoms with E-state index < -0.39 is 0 Å². The van der Waals surface area contributed by atoms with Gasteiger partial charge >= 0.3 is 0 Å². The summed E-state index contributed by atoms with van der Waals surface area (Å²) in [5.74, 6) is 0.628. The third-order valence-corrected chi connectivity index (χ3v) is 5.67. The van der Waals surface area contributed by atoms with Crippen LogP contribution >= 0.6 is 15.9 Å². The highest BCUT2D eigenvalue weighted by atomic mass is 79.9. The Morgan fingerprint density at radius 2 is 2.22 bits per heavy atom. The molecule has 0 aliphatic carbocycles. The van der Waals surface area contributed by atoms with E-state index in [1.165, 1.54) is 0 Å². The number of fused-ring (bicyclic) bond motifs is 1. The molecular formula is C20H21BrN6. The highest BCUT2D eigenvalue weighted by molar-refractivity contribution is 9.10. The van der Waals surface area contributed by atoms with E-state index >= 15 is 0 Å². The predicted octanol–water partition coefficient (Wildman–Crippen LogP) is 4.20. The van der Waals surface area contributed by atoms with E-state index in [1.807, 2.05) is 24.4 Å². The minimum absolute atomic E-state index is 0.191. The van der Waals surface area contributed by atoms with Crippen LogP contribution in [0.3, 0.4) is 0 Å². The average molecular weight is 425 g/mol. The van der Waals surface area contributed by atoms with Crippen molar-refractivity contribution < 1.29 is 0 Å². The Kier molecular flexibility index (Phi) is 4.62. The van der Waals surface area contributed by atoms with Gasteiger partial charge in [0.05, 0.1) is 21.8 Å². The number of nitriles is 1. The number of halogens is 1. The van der Waals surface area contributed by atoms with Gasteiger partial charge in [-0.15, -0.1) is 0 Å². The molecule has 27 heavy (non-hydrogen) atoms. The Hall–Kier alpha value is -2.43. The maximum atomic E-state index is 9.08. The van der Waals surface area contributed by atoms with Gasteiger partial charge in [-0.1, -0.05) is 6.07 Å². The molecule has 7 heteroatoms. The van der Waals surface area contributed by atoms with Crippen LogP contribution in [0.15, 0.2) is 35.1 Å². The van der Waals surface area contributed by atoms with Gasteiger partial charge in [-0.05, 0) is 54.8 Å². The molecular weight excluding hydrogens is 404 g/mol. The molecule has 1 aromatic carbocycles. The van der Waals surface area contributed by atoms with Crippen LogP contribution in [0.1, 0.15) is 32.3 Å². The topological polar surface area (TPSA) is 89.4 Å². The monoisotopic (exact) mass is 424 g/mol. The minimum atomic E-state index is 0.191. The fraction of sp³-hybridized carbons (Fsp3) is 0.350. The number of aromatic nitrogens is 3. The molecule has 6 nitrogen and oxygen atoms in total. The number of anilines is 1.